The van der Waals surface area contributed by atoms with E-state index in [4.69, 9.17) is 0 Å². The van der Waals surface area contributed by atoms with Crippen LogP contribution in [-0.2, 0) is 13.1 Å². The van der Waals surface area contributed by atoms with Crippen molar-refractivity contribution in [3.05, 3.63) is 17.5 Å². The van der Waals surface area contributed by atoms with Crippen molar-refractivity contribution >= 4 is 5.95 Å². The van der Waals surface area contributed by atoms with E-state index >= 15 is 0 Å². The number of nitrogens with zero attached hydrogens (tertiary/aromatic N) is 3. The first-order chi connectivity index (χ1) is 6.84. The summed E-state index contributed by atoms with van der Waals surface area (Å²) in [7, 11) is 2.09. The first-order valence-corrected chi connectivity index (χ1v) is 5.13. The second-order valence-electron chi connectivity index (χ2n) is 4.09. The van der Waals surface area contributed by atoms with Crippen molar-refractivity contribution in [3.63, 3.8) is 0 Å². The molecule has 1 saturated carbocycles. The summed E-state index contributed by atoms with van der Waals surface area (Å²) >= 11 is 0. The highest BCUT2D eigenvalue weighted by Crippen LogP contribution is 2.28. The fourth-order valence-electron chi connectivity index (χ4n) is 1.84. The zero-order valence-electron chi connectivity index (χ0n) is 8.32. The van der Waals surface area contributed by atoms with Gasteiger partial charge in [0.1, 0.15) is 0 Å². The number of rotatable bonds is 2. The third-order valence-electron chi connectivity index (χ3n) is 2.96. The molecule has 1 aliphatic carbocycles. The highest BCUT2D eigenvalue weighted by atomic mass is 15.3. The van der Waals surface area contributed by atoms with Crippen molar-refractivity contribution in [2.45, 2.75) is 32.0 Å². The summed E-state index contributed by atoms with van der Waals surface area (Å²) in [6, 6.07) is 0.683. The molecule has 2 aliphatic rings. The van der Waals surface area contributed by atoms with Gasteiger partial charge in [-0.2, -0.15) is 0 Å². The average Bonchev–Trinajstić information content (AvgIpc) is 2.95. The van der Waals surface area contributed by atoms with Crippen molar-refractivity contribution in [1.29, 1.82) is 0 Å². The molecule has 0 radical (unpaired) electrons. The van der Waals surface area contributed by atoms with Crippen LogP contribution in [0.2, 0.25) is 0 Å². The first kappa shape index (κ1) is 8.17. The zero-order chi connectivity index (χ0) is 9.54. The lowest BCUT2D eigenvalue weighted by Crippen LogP contribution is -2.22. The Balaban J connectivity index is 1.91. The molecule has 1 fully saturated rings. The summed E-state index contributed by atoms with van der Waals surface area (Å²) in [6.07, 6.45) is 4.53. The van der Waals surface area contributed by atoms with Crippen LogP contribution in [0.15, 0.2) is 6.20 Å². The molecule has 0 saturated heterocycles. The molecule has 4 heteroatoms. The molecule has 1 aromatic rings. The lowest BCUT2D eigenvalue weighted by Gasteiger charge is -2.16. The predicted octanol–water partition coefficient (Wildman–Crippen LogP) is 0.678. The van der Waals surface area contributed by atoms with Crippen LogP contribution in [0.5, 0.6) is 0 Å². The molecule has 0 atom stereocenters. The normalized spacial score (nSPS) is 19.5. The number of hydrogen-bond donors (Lipinski definition) is 1. The van der Waals surface area contributed by atoms with Crippen LogP contribution >= 0.6 is 0 Å². The van der Waals surface area contributed by atoms with Crippen LogP contribution in [0.3, 0.4) is 0 Å². The summed E-state index contributed by atoms with van der Waals surface area (Å²) in [5.41, 5.74) is 2.42. The zero-order valence-corrected chi connectivity index (χ0v) is 8.32. The van der Waals surface area contributed by atoms with Gasteiger partial charge in [-0.15, -0.1) is 0 Å². The van der Waals surface area contributed by atoms with Gasteiger partial charge in [-0.25, -0.2) is 9.97 Å². The van der Waals surface area contributed by atoms with E-state index in [1.165, 1.54) is 24.1 Å². The lowest BCUT2D eigenvalue weighted by molar-refractivity contribution is 0.756. The Morgan fingerprint density at radius 3 is 3.07 bits per heavy atom. The molecule has 0 spiro atoms. The molecule has 1 aromatic heterocycles. The first-order valence-electron chi connectivity index (χ1n) is 5.13. The van der Waals surface area contributed by atoms with E-state index in [9.17, 15) is 0 Å². The Hall–Kier alpha value is -1.16. The van der Waals surface area contributed by atoms with Gasteiger partial charge in [0.2, 0.25) is 5.95 Å². The van der Waals surface area contributed by atoms with Gasteiger partial charge in [0, 0.05) is 37.9 Å². The van der Waals surface area contributed by atoms with Gasteiger partial charge < -0.3 is 10.2 Å². The van der Waals surface area contributed by atoms with Crippen molar-refractivity contribution in [2.75, 3.05) is 11.9 Å². The van der Waals surface area contributed by atoms with Gasteiger partial charge in [-0.05, 0) is 12.8 Å². The number of anilines is 1. The van der Waals surface area contributed by atoms with Crippen molar-refractivity contribution < 1.29 is 0 Å². The van der Waals surface area contributed by atoms with Crippen LogP contribution < -0.4 is 10.2 Å². The van der Waals surface area contributed by atoms with Crippen molar-refractivity contribution in [1.82, 2.24) is 15.3 Å². The Labute approximate surface area is 83.4 Å². The lowest BCUT2D eigenvalue weighted by atomic mass is 10.3. The molecule has 1 N–H and O–H groups in total. The van der Waals surface area contributed by atoms with Gasteiger partial charge >= 0.3 is 0 Å². The highest BCUT2D eigenvalue weighted by molar-refractivity contribution is 5.36. The van der Waals surface area contributed by atoms with E-state index in [0.29, 0.717) is 6.04 Å². The summed E-state index contributed by atoms with van der Waals surface area (Å²) in [5.74, 6) is 0.884. The van der Waals surface area contributed by atoms with Gasteiger partial charge in [-0.3, -0.25) is 0 Å². The predicted molar refractivity (Wildman–Crippen MR) is 54.0 cm³/mol. The molecule has 0 aromatic carbocycles. The van der Waals surface area contributed by atoms with E-state index in [2.05, 4.69) is 27.2 Å². The van der Waals surface area contributed by atoms with Crippen molar-refractivity contribution in [3.8, 4) is 0 Å². The van der Waals surface area contributed by atoms with Crippen molar-refractivity contribution in [2.24, 2.45) is 0 Å². The number of hydrogen-bond acceptors (Lipinski definition) is 4. The van der Waals surface area contributed by atoms with Gasteiger partial charge in [0.05, 0.1) is 5.69 Å². The molecule has 74 valence electrons. The molecule has 0 bridgehead atoms. The maximum absolute atomic E-state index is 4.57. The highest BCUT2D eigenvalue weighted by Gasteiger charge is 2.28. The molecule has 3 rings (SSSR count). The van der Waals surface area contributed by atoms with Gasteiger partial charge in [0.25, 0.3) is 0 Å². The van der Waals surface area contributed by atoms with Crippen LogP contribution in [0, 0.1) is 0 Å². The minimum absolute atomic E-state index is 0.683. The SMILES string of the molecule is CN(c1ncc2c(n1)CNC2)C1CC1. The second kappa shape index (κ2) is 2.92. The Morgan fingerprint density at radius 2 is 2.29 bits per heavy atom. The average molecular weight is 190 g/mol. The van der Waals surface area contributed by atoms with Gasteiger partial charge in [0.15, 0.2) is 0 Å². The topological polar surface area (TPSA) is 41.1 Å². The summed E-state index contributed by atoms with van der Waals surface area (Å²) in [5, 5.41) is 3.28. The van der Waals surface area contributed by atoms with E-state index in [1.54, 1.807) is 0 Å². The summed E-state index contributed by atoms with van der Waals surface area (Å²) in [4.78, 5) is 11.1. The number of aromatic nitrogens is 2. The fraction of sp³-hybridized carbons (Fsp3) is 0.600. The Bertz CT molecular complexity index is 359. The Morgan fingerprint density at radius 1 is 1.43 bits per heavy atom. The maximum atomic E-state index is 4.57. The number of fused-ring (bicyclic) bond motifs is 1. The van der Waals surface area contributed by atoms with E-state index in [1.807, 2.05) is 6.20 Å². The summed E-state index contributed by atoms with van der Waals surface area (Å²) in [6.45, 7) is 1.81. The van der Waals surface area contributed by atoms with Crippen LogP contribution in [-0.4, -0.2) is 23.1 Å². The second-order valence-corrected chi connectivity index (χ2v) is 4.09. The molecule has 0 unspecified atom stereocenters. The monoisotopic (exact) mass is 190 g/mol. The molecular formula is C10H14N4. The molecular weight excluding hydrogens is 176 g/mol. The Kier molecular flexibility index (Phi) is 1.70. The number of nitrogens with one attached hydrogen (secondary N) is 1. The summed E-state index contributed by atoms with van der Waals surface area (Å²) < 4.78 is 0. The van der Waals surface area contributed by atoms with E-state index in [-0.39, 0.29) is 0 Å². The van der Waals surface area contributed by atoms with Gasteiger partial charge in [-0.1, -0.05) is 0 Å². The standard InChI is InChI=1S/C10H14N4/c1-14(8-2-3-8)10-12-5-7-4-11-6-9(7)13-10/h5,8,11H,2-4,6H2,1H3. The fourth-order valence-corrected chi connectivity index (χ4v) is 1.84. The minimum Gasteiger partial charge on any atom is -0.341 e. The van der Waals surface area contributed by atoms with Crippen LogP contribution in [0.25, 0.3) is 0 Å². The van der Waals surface area contributed by atoms with Crippen LogP contribution in [0.1, 0.15) is 24.1 Å². The molecule has 14 heavy (non-hydrogen) atoms. The molecule has 2 heterocycles. The minimum atomic E-state index is 0.683. The smallest absolute Gasteiger partial charge is 0.225 e. The van der Waals surface area contributed by atoms with E-state index < -0.39 is 0 Å². The van der Waals surface area contributed by atoms with Crippen LogP contribution in [0.4, 0.5) is 5.95 Å². The quantitative estimate of drug-likeness (QED) is 0.744. The largest absolute Gasteiger partial charge is 0.341 e. The maximum Gasteiger partial charge on any atom is 0.225 e. The third-order valence-corrected chi connectivity index (χ3v) is 2.96. The van der Waals surface area contributed by atoms with E-state index in [0.717, 1.165) is 19.0 Å². The third kappa shape index (κ3) is 1.26. The molecule has 1 aliphatic heterocycles. The molecule has 4 nitrogen and oxygen atoms in total. The molecule has 0 amide bonds.